The summed E-state index contributed by atoms with van der Waals surface area (Å²) in [6.07, 6.45) is 7.76. The largest absolute Gasteiger partial charge is 0.348 e. The summed E-state index contributed by atoms with van der Waals surface area (Å²) in [5.41, 5.74) is 5.76. The van der Waals surface area contributed by atoms with Crippen molar-refractivity contribution in [1.82, 2.24) is 14.9 Å². The zero-order valence-electron chi connectivity index (χ0n) is 18.7. The van der Waals surface area contributed by atoms with Gasteiger partial charge in [-0.15, -0.1) is 0 Å². The van der Waals surface area contributed by atoms with Crippen molar-refractivity contribution in [3.63, 3.8) is 0 Å². The number of nitrogens with one attached hydrogen (secondary N) is 1. The second-order valence-electron chi connectivity index (χ2n) is 8.57. The number of nitrogens with zero attached hydrogens (tertiary/aromatic N) is 2. The summed E-state index contributed by atoms with van der Waals surface area (Å²) in [4.78, 5) is 30.0. The zero-order chi connectivity index (χ0) is 23.0. The summed E-state index contributed by atoms with van der Waals surface area (Å²) in [6, 6.07) is 7.89. The first kappa shape index (κ1) is 22.0. The number of rotatable bonds is 5. The van der Waals surface area contributed by atoms with Crippen LogP contribution < -0.4 is 5.32 Å². The molecule has 1 aliphatic rings. The van der Waals surface area contributed by atoms with Crippen LogP contribution in [0.3, 0.4) is 0 Å². The Balaban J connectivity index is 1.78. The summed E-state index contributed by atoms with van der Waals surface area (Å²) in [5.74, 6) is -0.204. The van der Waals surface area contributed by atoms with Crippen LogP contribution in [-0.2, 0) is 4.79 Å². The molecule has 0 aliphatic heterocycles. The number of aromatic nitrogens is 2. The minimum Gasteiger partial charge on any atom is -0.348 e. The van der Waals surface area contributed by atoms with Crippen molar-refractivity contribution in [2.45, 2.75) is 40.2 Å². The standard InChI is InChI=1S/C26H26ClN3O2/c1-15(2)30-14-22(27)25-20(10-19(11-23(25)30)18-6-5-7-28-12-18)26(32)29-13-21-17(4)8-16(3)9-24(21)31/h5-8,10-12,14-15H,9,13H2,1-4H3,(H,29,32). The van der Waals surface area contributed by atoms with Crippen molar-refractivity contribution in [3.8, 4) is 11.1 Å². The van der Waals surface area contributed by atoms with Crippen LogP contribution in [0.4, 0.5) is 0 Å². The first-order chi connectivity index (χ1) is 15.3. The number of carbonyl (C=O) groups is 2. The molecule has 0 fully saturated rings. The van der Waals surface area contributed by atoms with Gasteiger partial charge in [-0.1, -0.05) is 29.3 Å². The van der Waals surface area contributed by atoms with Crippen LogP contribution in [0, 0.1) is 0 Å². The summed E-state index contributed by atoms with van der Waals surface area (Å²) < 4.78 is 2.07. The van der Waals surface area contributed by atoms with Crippen LogP contribution in [0.2, 0.25) is 5.02 Å². The van der Waals surface area contributed by atoms with Crippen molar-refractivity contribution in [2.75, 3.05) is 6.54 Å². The van der Waals surface area contributed by atoms with E-state index in [1.54, 1.807) is 12.4 Å². The predicted octanol–water partition coefficient (Wildman–Crippen LogP) is 5.90. The van der Waals surface area contributed by atoms with Crippen LogP contribution in [-0.4, -0.2) is 27.8 Å². The van der Waals surface area contributed by atoms with Crippen LogP contribution in [0.5, 0.6) is 0 Å². The Bertz CT molecular complexity index is 1280. The van der Waals surface area contributed by atoms with Crippen LogP contribution in [0.1, 0.15) is 50.5 Å². The number of Topliss-reactive ketones (excluding diaryl/α,β-unsaturated/α-hetero) is 1. The molecule has 5 nitrogen and oxygen atoms in total. The first-order valence-corrected chi connectivity index (χ1v) is 11.1. The molecule has 0 saturated heterocycles. The van der Waals surface area contributed by atoms with E-state index in [4.69, 9.17) is 11.6 Å². The average Bonchev–Trinajstić information content (AvgIpc) is 3.09. The number of benzene rings is 1. The number of allylic oxidation sites excluding steroid dienone is 3. The maximum absolute atomic E-state index is 13.3. The number of carbonyl (C=O) groups excluding carboxylic acids is 2. The number of hydrogen-bond acceptors (Lipinski definition) is 3. The van der Waals surface area contributed by atoms with Crippen molar-refractivity contribution in [2.24, 2.45) is 0 Å². The van der Waals surface area contributed by atoms with Gasteiger partial charge < -0.3 is 9.88 Å². The number of amides is 1. The molecule has 32 heavy (non-hydrogen) atoms. The van der Waals surface area contributed by atoms with Gasteiger partial charge in [0.25, 0.3) is 5.91 Å². The monoisotopic (exact) mass is 447 g/mol. The van der Waals surface area contributed by atoms with E-state index in [2.05, 4.69) is 28.7 Å². The molecule has 1 N–H and O–H groups in total. The highest BCUT2D eigenvalue weighted by Crippen LogP contribution is 2.35. The highest BCUT2D eigenvalue weighted by atomic mass is 35.5. The average molecular weight is 448 g/mol. The Kier molecular flexibility index (Phi) is 6.02. The summed E-state index contributed by atoms with van der Waals surface area (Å²) >= 11 is 6.60. The topological polar surface area (TPSA) is 64.0 Å². The van der Waals surface area contributed by atoms with Crippen LogP contribution in [0.15, 0.2) is 65.7 Å². The van der Waals surface area contributed by atoms with E-state index in [1.165, 1.54) is 0 Å². The van der Waals surface area contributed by atoms with E-state index in [9.17, 15) is 9.59 Å². The van der Waals surface area contributed by atoms with Gasteiger partial charge >= 0.3 is 0 Å². The molecular weight excluding hydrogens is 422 g/mol. The van der Waals surface area contributed by atoms with E-state index >= 15 is 0 Å². The van der Waals surface area contributed by atoms with Crippen molar-refractivity contribution < 1.29 is 9.59 Å². The van der Waals surface area contributed by atoms with E-state index < -0.39 is 0 Å². The molecular formula is C26H26ClN3O2. The van der Waals surface area contributed by atoms with E-state index in [-0.39, 0.29) is 24.3 Å². The molecule has 0 unspecified atom stereocenters. The quantitative estimate of drug-likeness (QED) is 0.529. The number of fused-ring (bicyclic) bond motifs is 1. The van der Waals surface area contributed by atoms with Crippen molar-refractivity contribution in [3.05, 3.63) is 76.2 Å². The Morgan fingerprint density at radius 3 is 2.69 bits per heavy atom. The third-order valence-corrected chi connectivity index (χ3v) is 6.11. The molecule has 4 rings (SSSR count). The number of pyridine rings is 1. The molecule has 1 amide bonds. The lowest BCUT2D eigenvalue weighted by Crippen LogP contribution is -2.29. The van der Waals surface area contributed by atoms with Gasteiger partial charge in [0.2, 0.25) is 0 Å². The molecule has 164 valence electrons. The lowest BCUT2D eigenvalue weighted by atomic mass is 9.92. The van der Waals surface area contributed by atoms with E-state index in [1.807, 2.05) is 50.4 Å². The van der Waals surface area contributed by atoms with Gasteiger partial charge in [0, 0.05) is 54.1 Å². The fraction of sp³-hybridized carbons (Fsp3) is 0.269. The fourth-order valence-corrected chi connectivity index (χ4v) is 4.54. The maximum atomic E-state index is 13.3. The minimum atomic E-state index is -0.261. The van der Waals surface area contributed by atoms with Gasteiger partial charge in [0.15, 0.2) is 5.78 Å². The smallest absolute Gasteiger partial charge is 0.252 e. The second kappa shape index (κ2) is 8.75. The Hall–Kier alpha value is -3.18. The Morgan fingerprint density at radius 2 is 2.03 bits per heavy atom. The van der Waals surface area contributed by atoms with Crippen molar-refractivity contribution in [1.29, 1.82) is 0 Å². The maximum Gasteiger partial charge on any atom is 0.252 e. The van der Waals surface area contributed by atoms with E-state index in [0.29, 0.717) is 28.0 Å². The zero-order valence-corrected chi connectivity index (χ0v) is 19.5. The van der Waals surface area contributed by atoms with Gasteiger partial charge in [-0.2, -0.15) is 0 Å². The number of ketones is 1. The molecule has 1 aliphatic carbocycles. The normalized spacial score (nSPS) is 14.3. The van der Waals surface area contributed by atoms with Crippen LogP contribution >= 0.6 is 11.6 Å². The van der Waals surface area contributed by atoms with Gasteiger partial charge in [0.05, 0.1) is 16.1 Å². The molecule has 0 spiro atoms. The molecule has 1 aromatic carbocycles. The third kappa shape index (κ3) is 4.13. The lowest BCUT2D eigenvalue weighted by molar-refractivity contribution is -0.115. The highest BCUT2D eigenvalue weighted by Gasteiger charge is 2.22. The Morgan fingerprint density at radius 1 is 1.25 bits per heavy atom. The number of halogens is 1. The fourth-order valence-electron chi connectivity index (χ4n) is 4.23. The van der Waals surface area contributed by atoms with Gasteiger partial charge in [-0.25, -0.2) is 0 Å². The summed E-state index contributed by atoms with van der Waals surface area (Å²) in [6.45, 7) is 8.19. The predicted molar refractivity (Wildman–Crippen MR) is 129 cm³/mol. The molecule has 0 radical (unpaired) electrons. The summed E-state index contributed by atoms with van der Waals surface area (Å²) in [5, 5.41) is 4.19. The summed E-state index contributed by atoms with van der Waals surface area (Å²) in [7, 11) is 0. The van der Waals surface area contributed by atoms with Crippen molar-refractivity contribution >= 4 is 34.2 Å². The first-order valence-electron chi connectivity index (χ1n) is 10.7. The Labute approximate surface area is 192 Å². The molecule has 0 bridgehead atoms. The third-order valence-electron chi connectivity index (χ3n) is 5.82. The van der Waals surface area contributed by atoms with Gasteiger partial charge in [-0.3, -0.25) is 14.6 Å². The molecule has 2 aromatic heterocycles. The SMILES string of the molecule is CC1=CC(C)=C(CNC(=O)c2cc(-c3cccnc3)cc3c2c(Cl)cn3C(C)C)C(=O)C1. The molecule has 0 atom stereocenters. The number of hydrogen-bond donors (Lipinski definition) is 1. The lowest BCUT2D eigenvalue weighted by Gasteiger charge is -2.17. The van der Waals surface area contributed by atoms with E-state index in [0.717, 1.165) is 27.8 Å². The second-order valence-corrected chi connectivity index (χ2v) is 8.98. The van der Waals surface area contributed by atoms with Gasteiger partial charge in [0.1, 0.15) is 0 Å². The van der Waals surface area contributed by atoms with Gasteiger partial charge in [-0.05, 0) is 57.0 Å². The minimum absolute atomic E-state index is 0.0565. The van der Waals surface area contributed by atoms with Crippen LogP contribution in [0.25, 0.3) is 22.0 Å². The molecule has 2 heterocycles. The highest BCUT2D eigenvalue weighted by molar-refractivity contribution is 6.37. The molecule has 0 saturated carbocycles. The molecule has 6 heteroatoms. The molecule has 3 aromatic rings.